The van der Waals surface area contributed by atoms with Gasteiger partial charge in [-0.25, -0.2) is 4.79 Å². The number of ether oxygens (including phenoxy) is 1. The summed E-state index contributed by atoms with van der Waals surface area (Å²) in [5.41, 5.74) is 1.72. The van der Waals surface area contributed by atoms with Crippen molar-refractivity contribution in [2.75, 3.05) is 0 Å². The smallest absolute Gasteiger partial charge is 0.338 e. The van der Waals surface area contributed by atoms with E-state index < -0.39 is 0 Å². The summed E-state index contributed by atoms with van der Waals surface area (Å²) < 4.78 is 5.93. The third-order valence-corrected chi connectivity index (χ3v) is 5.13. The SMILES string of the molecule is CCC(C)c1ccc(C(=O)OC2(C(C)C)CCCC2)cc1. The van der Waals surface area contributed by atoms with Crippen LogP contribution in [0, 0.1) is 5.92 Å². The Bertz CT molecular complexity index is 467. The van der Waals surface area contributed by atoms with Crippen LogP contribution < -0.4 is 0 Å². The van der Waals surface area contributed by atoms with Gasteiger partial charge in [0.25, 0.3) is 0 Å². The Hall–Kier alpha value is -1.31. The van der Waals surface area contributed by atoms with Crippen molar-refractivity contribution in [3.05, 3.63) is 35.4 Å². The highest BCUT2D eigenvalue weighted by molar-refractivity contribution is 5.89. The van der Waals surface area contributed by atoms with E-state index in [1.165, 1.54) is 18.4 Å². The highest BCUT2D eigenvalue weighted by atomic mass is 16.6. The summed E-state index contributed by atoms with van der Waals surface area (Å²) in [6, 6.07) is 7.93. The summed E-state index contributed by atoms with van der Waals surface area (Å²) in [7, 11) is 0. The minimum absolute atomic E-state index is 0.165. The first kappa shape index (κ1) is 16.1. The lowest BCUT2D eigenvalue weighted by Crippen LogP contribution is -2.37. The number of hydrogen-bond acceptors (Lipinski definition) is 2. The molecule has 0 amide bonds. The molecule has 1 atom stereocenters. The Labute approximate surface area is 128 Å². The summed E-state index contributed by atoms with van der Waals surface area (Å²) in [6.07, 6.45) is 5.44. The van der Waals surface area contributed by atoms with Crippen LogP contribution in [0.15, 0.2) is 24.3 Å². The van der Waals surface area contributed by atoms with Crippen LogP contribution in [0.2, 0.25) is 0 Å². The van der Waals surface area contributed by atoms with E-state index in [-0.39, 0.29) is 11.6 Å². The van der Waals surface area contributed by atoms with E-state index in [0.29, 0.717) is 17.4 Å². The molecule has 1 aromatic carbocycles. The van der Waals surface area contributed by atoms with Gasteiger partial charge in [-0.2, -0.15) is 0 Å². The summed E-state index contributed by atoms with van der Waals surface area (Å²) in [5, 5.41) is 0. The average molecular weight is 288 g/mol. The maximum absolute atomic E-state index is 12.4. The quantitative estimate of drug-likeness (QED) is 0.685. The van der Waals surface area contributed by atoms with Crippen molar-refractivity contribution in [3.8, 4) is 0 Å². The molecule has 1 fully saturated rings. The zero-order valence-corrected chi connectivity index (χ0v) is 13.8. The molecule has 1 unspecified atom stereocenters. The standard InChI is InChI=1S/C19H28O2/c1-5-15(4)16-8-10-17(11-9-16)18(20)21-19(14(2)3)12-6-7-13-19/h8-11,14-15H,5-7,12-13H2,1-4H3. The fourth-order valence-corrected chi connectivity index (χ4v) is 3.20. The fraction of sp³-hybridized carbons (Fsp3) is 0.632. The molecule has 1 saturated carbocycles. The maximum atomic E-state index is 12.4. The van der Waals surface area contributed by atoms with E-state index in [0.717, 1.165) is 19.3 Å². The van der Waals surface area contributed by atoms with Gasteiger partial charge < -0.3 is 4.74 Å². The molecule has 0 heterocycles. The van der Waals surface area contributed by atoms with Crippen molar-refractivity contribution in [1.82, 2.24) is 0 Å². The first-order valence-corrected chi connectivity index (χ1v) is 8.32. The molecule has 0 radical (unpaired) electrons. The van der Waals surface area contributed by atoms with Gasteiger partial charge >= 0.3 is 5.97 Å². The Morgan fingerprint density at radius 2 is 1.71 bits per heavy atom. The second-order valence-corrected chi connectivity index (χ2v) is 6.75. The molecule has 0 bridgehead atoms. The Morgan fingerprint density at radius 3 is 2.19 bits per heavy atom. The molecule has 1 aliphatic rings. The highest BCUT2D eigenvalue weighted by Gasteiger charge is 2.40. The van der Waals surface area contributed by atoms with Gasteiger partial charge in [-0.15, -0.1) is 0 Å². The van der Waals surface area contributed by atoms with Crippen LogP contribution in [-0.4, -0.2) is 11.6 Å². The van der Waals surface area contributed by atoms with Gasteiger partial charge in [0, 0.05) is 0 Å². The zero-order valence-electron chi connectivity index (χ0n) is 13.8. The second kappa shape index (κ2) is 6.64. The number of hydrogen-bond donors (Lipinski definition) is 0. The number of esters is 1. The molecule has 2 rings (SSSR count). The van der Waals surface area contributed by atoms with Crippen molar-refractivity contribution in [2.45, 2.75) is 71.3 Å². The van der Waals surface area contributed by atoms with Gasteiger partial charge in [0.2, 0.25) is 0 Å². The molecule has 1 aromatic rings. The molecule has 0 N–H and O–H groups in total. The Kier molecular flexibility index (Phi) is 5.08. The molecule has 116 valence electrons. The van der Waals surface area contributed by atoms with Crippen LogP contribution in [0.25, 0.3) is 0 Å². The Balaban J connectivity index is 2.09. The minimum atomic E-state index is -0.244. The van der Waals surface area contributed by atoms with Crippen molar-refractivity contribution in [3.63, 3.8) is 0 Å². The van der Waals surface area contributed by atoms with Gasteiger partial charge in [-0.05, 0) is 61.6 Å². The number of benzene rings is 1. The molecule has 21 heavy (non-hydrogen) atoms. The molecule has 1 aliphatic carbocycles. The molecular formula is C19H28O2. The van der Waals surface area contributed by atoms with Gasteiger partial charge in [0.15, 0.2) is 0 Å². The highest BCUT2D eigenvalue weighted by Crippen LogP contribution is 2.39. The molecule has 0 aliphatic heterocycles. The van der Waals surface area contributed by atoms with Gasteiger partial charge in [0.05, 0.1) is 5.56 Å². The second-order valence-electron chi connectivity index (χ2n) is 6.75. The van der Waals surface area contributed by atoms with Crippen molar-refractivity contribution in [2.24, 2.45) is 5.92 Å². The lowest BCUT2D eigenvalue weighted by molar-refractivity contribution is -0.0397. The molecule has 0 saturated heterocycles. The number of carbonyl (C=O) groups excluding carboxylic acids is 1. The van der Waals surface area contributed by atoms with Gasteiger partial charge in [-0.1, -0.05) is 39.8 Å². The first-order chi connectivity index (χ1) is 9.98. The normalized spacial score (nSPS) is 18.7. The van der Waals surface area contributed by atoms with Gasteiger partial charge in [0.1, 0.15) is 5.60 Å². The van der Waals surface area contributed by atoms with Crippen LogP contribution in [0.5, 0.6) is 0 Å². The lowest BCUT2D eigenvalue weighted by Gasteiger charge is -2.33. The molecule has 0 aromatic heterocycles. The van der Waals surface area contributed by atoms with Crippen molar-refractivity contribution < 1.29 is 9.53 Å². The van der Waals surface area contributed by atoms with Crippen LogP contribution >= 0.6 is 0 Å². The van der Waals surface area contributed by atoms with E-state index in [1.54, 1.807) is 0 Å². The van der Waals surface area contributed by atoms with Gasteiger partial charge in [-0.3, -0.25) is 0 Å². The van der Waals surface area contributed by atoms with Crippen LogP contribution in [0.4, 0.5) is 0 Å². The average Bonchev–Trinajstić information content (AvgIpc) is 2.96. The van der Waals surface area contributed by atoms with Crippen LogP contribution in [-0.2, 0) is 4.74 Å². The summed E-state index contributed by atoms with van der Waals surface area (Å²) >= 11 is 0. The molecule has 2 heteroatoms. The predicted molar refractivity (Wildman–Crippen MR) is 86.6 cm³/mol. The zero-order chi connectivity index (χ0) is 15.5. The van der Waals surface area contributed by atoms with E-state index in [1.807, 2.05) is 12.1 Å². The predicted octanol–water partition coefficient (Wildman–Crippen LogP) is 5.33. The first-order valence-electron chi connectivity index (χ1n) is 8.32. The minimum Gasteiger partial charge on any atom is -0.455 e. The molecule has 0 spiro atoms. The van der Waals surface area contributed by atoms with Crippen LogP contribution in [0.3, 0.4) is 0 Å². The maximum Gasteiger partial charge on any atom is 0.338 e. The summed E-state index contributed by atoms with van der Waals surface area (Å²) in [6.45, 7) is 8.70. The summed E-state index contributed by atoms with van der Waals surface area (Å²) in [5.74, 6) is 0.747. The molecule has 2 nitrogen and oxygen atoms in total. The van der Waals surface area contributed by atoms with Crippen molar-refractivity contribution >= 4 is 5.97 Å². The largest absolute Gasteiger partial charge is 0.455 e. The number of rotatable bonds is 5. The summed E-state index contributed by atoms with van der Waals surface area (Å²) in [4.78, 5) is 12.4. The lowest BCUT2D eigenvalue weighted by atomic mass is 9.88. The van der Waals surface area contributed by atoms with E-state index in [9.17, 15) is 4.79 Å². The van der Waals surface area contributed by atoms with E-state index >= 15 is 0 Å². The monoisotopic (exact) mass is 288 g/mol. The Morgan fingerprint density at radius 1 is 1.14 bits per heavy atom. The van der Waals surface area contributed by atoms with Crippen molar-refractivity contribution in [1.29, 1.82) is 0 Å². The molecular weight excluding hydrogens is 260 g/mol. The van der Waals surface area contributed by atoms with Crippen LogP contribution in [0.1, 0.15) is 81.6 Å². The number of carbonyl (C=O) groups is 1. The fourth-order valence-electron chi connectivity index (χ4n) is 3.20. The van der Waals surface area contributed by atoms with E-state index in [4.69, 9.17) is 4.74 Å². The third kappa shape index (κ3) is 3.48. The van der Waals surface area contributed by atoms with E-state index in [2.05, 4.69) is 39.8 Å². The third-order valence-electron chi connectivity index (χ3n) is 5.13. The topological polar surface area (TPSA) is 26.3 Å².